The van der Waals surface area contributed by atoms with Crippen molar-refractivity contribution in [1.29, 1.82) is 0 Å². The summed E-state index contributed by atoms with van der Waals surface area (Å²) in [6.07, 6.45) is 2.61. The van der Waals surface area contributed by atoms with E-state index in [9.17, 15) is 0 Å². The van der Waals surface area contributed by atoms with Crippen molar-refractivity contribution < 1.29 is 0 Å². The number of hydrogen-bond donors (Lipinski definition) is 1. The summed E-state index contributed by atoms with van der Waals surface area (Å²) in [5, 5.41) is 3.39. The molecule has 1 heterocycles. The molecular weight excluding hydrogens is 186 g/mol. The highest BCUT2D eigenvalue weighted by Crippen LogP contribution is 2.04. The minimum Gasteiger partial charge on any atom is -0.314 e. The molecule has 1 fully saturated rings. The monoisotopic (exact) mass is 213 g/mol. The second-order valence-corrected chi connectivity index (χ2v) is 4.71. The number of rotatable bonds is 6. The van der Waals surface area contributed by atoms with Crippen molar-refractivity contribution in [3.05, 3.63) is 0 Å². The summed E-state index contributed by atoms with van der Waals surface area (Å²) in [4.78, 5) is 5.05. The van der Waals surface area contributed by atoms with Gasteiger partial charge in [-0.2, -0.15) is 0 Å². The van der Waals surface area contributed by atoms with Gasteiger partial charge in [0.05, 0.1) is 0 Å². The lowest BCUT2D eigenvalue weighted by molar-refractivity contribution is 0.178. The second kappa shape index (κ2) is 7.20. The molecule has 0 bridgehead atoms. The normalized spacial score (nSPS) is 20.8. The van der Waals surface area contributed by atoms with E-state index in [-0.39, 0.29) is 0 Å². The Morgan fingerprint density at radius 1 is 1.33 bits per heavy atom. The SMILES string of the molecule is CCCC(C)N(C)CCN1CCNCC1. The zero-order valence-corrected chi connectivity index (χ0v) is 10.6. The van der Waals surface area contributed by atoms with Crippen LogP contribution in [0.1, 0.15) is 26.7 Å². The van der Waals surface area contributed by atoms with Gasteiger partial charge in [0, 0.05) is 45.3 Å². The van der Waals surface area contributed by atoms with Crippen molar-refractivity contribution in [2.75, 3.05) is 46.3 Å². The van der Waals surface area contributed by atoms with Gasteiger partial charge in [-0.05, 0) is 20.4 Å². The molecule has 1 atom stereocenters. The first-order valence-corrected chi connectivity index (χ1v) is 6.37. The first kappa shape index (κ1) is 12.9. The molecule has 3 heteroatoms. The van der Waals surface area contributed by atoms with Crippen molar-refractivity contribution >= 4 is 0 Å². The Hall–Kier alpha value is -0.120. The van der Waals surface area contributed by atoms with Crippen molar-refractivity contribution in [3.63, 3.8) is 0 Å². The highest BCUT2D eigenvalue weighted by molar-refractivity contribution is 4.70. The standard InChI is InChI=1S/C12H27N3/c1-4-5-12(2)14(3)10-11-15-8-6-13-7-9-15/h12-13H,4-11H2,1-3H3. The Labute approximate surface area is 94.8 Å². The minimum atomic E-state index is 0.734. The summed E-state index contributed by atoms with van der Waals surface area (Å²) >= 11 is 0. The molecule has 1 saturated heterocycles. The lowest BCUT2D eigenvalue weighted by Crippen LogP contribution is -2.46. The van der Waals surface area contributed by atoms with Crippen molar-refractivity contribution in [1.82, 2.24) is 15.1 Å². The van der Waals surface area contributed by atoms with E-state index < -0.39 is 0 Å². The lowest BCUT2D eigenvalue weighted by atomic mass is 10.2. The number of nitrogens with zero attached hydrogens (tertiary/aromatic N) is 2. The molecule has 3 nitrogen and oxygen atoms in total. The summed E-state index contributed by atoms with van der Waals surface area (Å²) in [5.74, 6) is 0. The number of hydrogen-bond acceptors (Lipinski definition) is 3. The van der Waals surface area contributed by atoms with Crippen LogP contribution in [0, 0.1) is 0 Å². The fourth-order valence-corrected chi connectivity index (χ4v) is 2.09. The minimum absolute atomic E-state index is 0.734. The number of likely N-dealkylation sites (N-methyl/N-ethyl adjacent to an activating group) is 1. The van der Waals surface area contributed by atoms with Gasteiger partial charge in [-0.1, -0.05) is 13.3 Å². The van der Waals surface area contributed by atoms with Gasteiger partial charge >= 0.3 is 0 Å². The van der Waals surface area contributed by atoms with Gasteiger partial charge in [-0.15, -0.1) is 0 Å². The van der Waals surface area contributed by atoms with Crippen LogP contribution in [0.25, 0.3) is 0 Å². The van der Waals surface area contributed by atoms with Crippen LogP contribution in [0.5, 0.6) is 0 Å². The first-order chi connectivity index (χ1) is 7.24. The van der Waals surface area contributed by atoms with Gasteiger partial charge in [0.25, 0.3) is 0 Å². The molecule has 1 aliphatic heterocycles. The molecule has 0 saturated carbocycles. The molecule has 0 radical (unpaired) electrons. The van der Waals surface area contributed by atoms with Crippen LogP contribution in [0.2, 0.25) is 0 Å². The van der Waals surface area contributed by atoms with Crippen molar-refractivity contribution in [2.24, 2.45) is 0 Å². The third kappa shape index (κ3) is 4.96. The molecule has 0 amide bonds. The molecule has 0 aromatic rings. The highest BCUT2D eigenvalue weighted by atomic mass is 15.2. The Morgan fingerprint density at radius 2 is 2.00 bits per heavy atom. The molecule has 0 aromatic carbocycles. The van der Waals surface area contributed by atoms with E-state index in [0.717, 1.165) is 19.1 Å². The molecule has 0 spiro atoms. The van der Waals surface area contributed by atoms with Crippen LogP contribution in [-0.2, 0) is 0 Å². The third-order valence-electron chi connectivity index (χ3n) is 3.44. The Kier molecular flexibility index (Phi) is 6.22. The quantitative estimate of drug-likeness (QED) is 0.710. The van der Waals surface area contributed by atoms with E-state index >= 15 is 0 Å². The first-order valence-electron chi connectivity index (χ1n) is 6.37. The molecule has 1 N–H and O–H groups in total. The highest BCUT2D eigenvalue weighted by Gasteiger charge is 2.12. The molecule has 90 valence electrons. The summed E-state index contributed by atoms with van der Waals surface area (Å²) in [5.41, 5.74) is 0. The zero-order valence-electron chi connectivity index (χ0n) is 10.6. The molecule has 0 aromatic heterocycles. The number of piperazine rings is 1. The summed E-state index contributed by atoms with van der Waals surface area (Å²) < 4.78 is 0. The Bertz CT molecular complexity index is 155. The molecular formula is C12H27N3. The van der Waals surface area contributed by atoms with Crippen LogP contribution in [0.4, 0.5) is 0 Å². The maximum Gasteiger partial charge on any atom is 0.0110 e. The zero-order chi connectivity index (χ0) is 11.1. The largest absolute Gasteiger partial charge is 0.314 e. The van der Waals surface area contributed by atoms with E-state index in [2.05, 4.69) is 36.0 Å². The summed E-state index contributed by atoms with van der Waals surface area (Å²) in [6.45, 7) is 11.8. The lowest BCUT2D eigenvalue weighted by Gasteiger charge is -2.31. The smallest absolute Gasteiger partial charge is 0.0110 e. The number of nitrogens with one attached hydrogen (secondary N) is 1. The third-order valence-corrected chi connectivity index (χ3v) is 3.44. The van der Waals surface area contributed by atoms with Crippen molar-refractivity contribution in [3.8, 4) is 0 Å². The Balaban J connectivity index is 2.11. The second-order valence-electron chi connectivity index (χ2n) is 4.71. The van der Waals surface area contributed by atoms with Gasteiger partial charge in [0.2, 0.25) is 0 Å². The molecule has 15 heavy (non-hydrogen) atoms. The maximum atomic E-state index is 3.39. The van der Waals surface area contributed by atoms with Crippen LogP contribution in [0.3, 0.4) is 0 Å². The van der Waals surface area contributed by atoms with Gasteiger partial charge < -0.3 is 10.2 Å². The summed E-state index contributed by atoms with van der Waals surface area (Å²) in [6, 6.07) is 0.734. The predicted octanol–water partition coefficient (Wildman–Crippen LogP) is 1.01. The average molecular weight is 213 g/mol. The van der Waals surface area contributed by atoms with E-state index in [1.165, 1.54) is 39.0 Å². The Morgan fingerprint density at radius 3 is 2.60 bits per heavy atom. The van der Waals surface area contributed by atoms with Crippen LogP contribution in [-0.4, -0.2) is 62.2 Å². The van der Waals surface area contributed by atoms with E-state index in [1.54, 1.807) is 0 Å². The van der Waals surface area contributed by atoms with E-state index in [0.29, 0.717) is 0 Å². The molecule has 1 rings (SSSR count). The fraction of sp³-hybridized carbons (Fsp3) is 1.00. The van der Waals surface area contributed by atoms with Gasteiger partial charge in [-0.25, -0.2) is 0 Å². The predicted molar refractivity (Wildman–Crippen MR) is 66.3 cm³/mol. The maximum absolute atomic E-state index is 3.39. The van der Waals surface area contributed by atoms with Gasteiger partial charge in [0.1, 0.15) is 0 Å². The molecule has 0 aliphatic carbocycles. The van der Waals surface area contributed by atoms with Crippen LogP contribution >= 0.6 is 0 Å². The van der Waals surface area contributed by atoms with Gasteiger partial charge in [-0.3, -0.25) is 4.90 Å². The molecule has 1 aliphatic rings. The average Bonchev–Trinajstić information content (AvgIpc) is 2.27. The fourth-order valence-electron chi connectivity index (χ4n) is 2.09. The molecule has 1 unspecified atom stereocenters. The van der Waals surface area contributed by atoms with Gasteiger partial charge in [0.15, 0.2) is 0 Å². The van der Waals surface area contributed by atoms with Crippen LogP contribution < -0.4 is 5.32 Å². The van der Waals surface area contributed by atoms with Crippen molar-refractivity contribution in [2.45, 2.75) is 32.7 Å². The van der Waals surface area contributed by atoms with E-state index in [4.69, 9.17) is 0 Å². The topological polar surface area (TPSA) is 18.5 Å². The van der Waals surface area contributed by atoms with E-state index in [1.807, 2.05) is 0 Å². The van der Waals surface area contributed by atoms with Crippen LogP contribution in [0.15, 0.2) is 0 Å². The summed E-state index contributed by atoms with van der Waals surface area (Å²) in [7, 11) is 2.25.